The Balaban J connectivity index is 1.55. The fourth-order valence-corrected chi connectivity index (χ4v) is 3.59. The zero-order valence-corrected chi connectivity index (χ0v) is 14.4. The fourth-order valence-electron chi connectivity index (χ4n) is 2.13. The Hall–Kier alpha value is -0.970. The number of nitrogens with one attached hydrogen (secondary N) is 1. The van der Waals surface area contributed by atoms with Gasteiger partial charge in [-0.25, -0.2) is 0 Å². The first-order valence-electron chi connectivity index (χ1n) is 6.67. The van der Waals surface area contributed by atoms with Gasteiger partial charge in [0.25, 0.3) is 0 Å². The number of aliphatic imine (C=N–C) groups is 1. The highest BCUT2D eigenvalue weighted by Crippen LogP contribution is 2.26. The van der Waals surface area contributed by atoms with E-state index in [1.807, 2.05) is 24.3 Å². The summed E-state index contributed by atoms with van der Waals surface area (Å²) in [6, 6.07) is 16.2. The number of rotatable bonds is 3. The summed E-state index contributed by atoms with van der Waals surface area (Å²) >= 11 is 11.2. The maximum atomic E-state index is 5.89. The molecule has 1 heterocycles. The number of halogens is 2. The number of benzene rings is 2. The Morgan fingerprint density at radius 3 is 2.57 bits per heavy atom. The molecule has 1 atom stereocenters. The van der Waals surface area contributed by atoms with Crippen LogP contribution >= 0.6 is 39.3 Å². The van der Waals surface area contributed by atoms with Crippen molar-refractivity contribution in [1.29, 1.82) is 0 Å². The van der Waals surface area contributed by atoms with Gasteiger partial charge in [-0.2, -0.15) is 0 Å². The third-order valence-electron chi connectivity index (χ3n) is 3.19. The molecule has 0 saturated heterocycles. The van der Waals surface area contributed by atoms with E-state index in [2.05, 4.69) is 50.5 Å². The van der Waals surface area contributed by atoms with Crippen LogP contribution in [0.25, 0.3) is 0 Å². The third kappa shape index (κ3) is 4.25. The number of hydrogen-bond donors (Lipinski definition) is 1. The van der Waals surface area contributed by atoms with E-state index in [4.69, 9.17) is 11.6 Å². The standard InChI is InChI=1S/C16H14BrClN2S/c17-12-3-1-11(2-4-12)9-15-10-19-16(21-15)20-14-7-5-13(18)6-8-14/h1-8,15H,9-10H2,(H,19,20). The van der Waals surface area contributed by atoms with E-state index in [1.54, 1.807) is 11.8 Å². The van der Waals surface area contributed by atoms with E-state index in [9.17, 15) is 0 Å². The molecule has 2 aromatic carbocycles. The van der Waals surface area contributed by atoms with Crippen LogP contribution in [-0.2, 0) is 6.42 Å². The first-order valence-corrected chi connectivity index (χ1v) is 8.72. The van der Waals surface area contributed by atoms with E-state index < -0.39 is 0 Å². The molecule has 0 amide bonds. The van der Waals surface area contributed by atoms with E-state index in [1.165, 1.54) is 5.56 Å². The van der Waals surface area contributed by atoms with Crippen LogP contribution in [0.5, 0.6) is 0 Å². The molecular weight excluding hydrogens is 368 g/mol. The van der Waals surface area contributed by atoms with E-state index in [0.29, 0.717) is 5.25 Å². The molecule has 1 N–H and O–H groups in total. The molecule has 21 heavy (non-hydrogen) atoms. The van der Waals surface area contributed by atoms with Gasteiger partial charge in [-0.3, -0.25) is 4.99 Å². The van der Waals surface area contributed by atoms with E-state index >= 15 is 0 Å². The van der Waals surface area contributed by atoms with Gasteiger partial charge in [-0.15, -0.1) is 0 Å². The highest BCUT2D eigenvalue weighted by Gasteiger charge is 2.20. The first kappa shape index (κ1) is 14.9. The summed E-state index contributed by atoms with van der Waals surface area (Å²) in [5.74, 6) is 0. The monoisotopic (exact) mass is 380 g/mol. The molecular formula is C16H14BrClN2S. The lowest BCUT2D eigenvalue weighted by atomic mass is 10.1. The molecule has 1 unspecified atom stereocenters. The number of anilines is 1. The minimum Gasteiger partial charge on any atom is -0.335 e. The zero-order chi connectivity index (χ0) is 14.7. The number of nitrogens with zero attached hydrogens (tertiary/aromatic N) is 1. The highest BCUT2D eigenvalue weighted by molar-refractivity contribution is 9.10. The van der Waals surface area contributed by atoms with Crippen LogP contribution in [0.4, 0.5) is 5.69 Å². The summed E-state index contributed by atoms with van der Waals surface area (Å²) in [6.07, 6.45) is 1.03. The summed E-state index contributed by atoms with van der Waals surface area (Å²) in [6.45, 7) is 0.858. The molecule has 5 heteroatoms. The van der Waals surface area contributed by atoms with Gasteiger partial charge in [0.1, 0.15) is 0 Å². The van der Waals surface area contributed by atoms with Gasteiger partial charge < -0.3 is 5.32 Å². The topological polar surface area (TPSA) is 24.4 Å². The van der Waals surface area contributed by atoms with Gasteiger partial charge in [0.15, 0.2) is 5.17 Å². The average molecular weight is 382 g/mol. The van der Waals surface area contributed by atoms with Crippen molar-refractivity contribution in [2.75, 3.05) is 11.9 Å². The molecule has 108 valence electrons. The normalized spacial score (nSPS) is 17.6. The van der Waals surface area contributed by atoms with E-state index in [0.717, 1.165) is 33.3 Å². The summed E-state index contributed by atoms with van der Waals surface area (Å²) < 4.78 is 1.12. The second-order valence-electron chi connectivity index (χ2n) is 4.85. The van der Waals surface area contributed by atoms with Gasteiger partial charge in [0.05, 0.1) is 6.54 Å². The maximum Gasteiger partial charge on any atom is 0.161 e. The molecule has 2 aromatic rings. The van der Waals surface area contributed by atoms with Crippen molar-refractivity contribution in [2.45, 2.75) is 11.7 Å². The molecule has 1 aliphatic heterocycles. The molecule has 1 aliphatic rings. The Labute approximate surface area is 142 Å². The molecule has 0 aromatic heterocycles. The molecule has 0 radical (unpaired) electrons. The summed E-state index contributed by atoms with van der Waals surface area (Å²) in [4.78, 5) is 4.57. The average Bonchev–Trinajstić information content (AvgIpc) is 2.91. The van der Waals surface area contributed by atoms with E-state index in [-0.39, 0.29) is 0 Å². The van der Waals surface area contributed by atoms with Gasteiger partial charge in [0.2, 0.25) is 0 Å². The smallest absolute Gasteiger partial charge is 0.161 e. The second kappa shape index (κ2) is 6.86. The summed E-state index contributed by atoms with van der Waals surface area (Å²) in [5.41, 5.74) is 2.37. The summed E-state index contributed by atoms with van der Waals surface area (Å²) in [7, 11) is 0. The van der Waals surface area contributed by atoms with Gasteiger partial charge in [-0.05, 0) is 48.4 Å². The minimum atomic E-state index is 0.501. The van der Waals surface area contributed by atoms with Crippen LogP contribution in [0.2, 0.25) is 5.02 Å². The molecule has 2 nitrogen and oxygen atoms in total. The van der Waals surface area contributed by atoms with Crippen molar-refractivity contribution in [3.05, 3.63) is 63.6 Å². The van der Waals surface area contributed by atoms with Crippen LogP contribution in [0.1, 0.15) is 5.56 Å². The lowest BCUT2D eigenvalue weighted by molar-refractivity contribution is 0.870. The van der Waals surface area contributed by atoms with Crippen LogP contribution in [0.15, 0.2) is 58.0 Å². The quantitative estimate of drug-likeness (QED) is 0.787. The SMILES string of the molecule is Clc1ccc(NC2=NCC(Cc3ccc(Br)cc3)S2)cc1. The molecule has 0 aliphatic carbocycles. The second-order valence-corrected chi connectivity index (χ2v) is 7.49. The Bertz CT molecular complexity index is 640. The van der Waals surface area contributed by atoms with Gasteiger partial charge in [0, 0.05) is 20.4 Å². The van der Waals surface area contributed by atoms with Crippen LogP contribution in [-0.4, -0.2) is 17.0 Å². The molecule has 0 saturated carbocycles. The predicted octanol–water partition coefficient (Wildman–Crippen LogP) is 5.23. The third-order valence-corrected chi connectivity index (χ3v) is 5.07. The molecule has 0 spiro atoms. The molecule has 0 bridgehead atoms. The lowest BCUT2D eigenvalue weighted by Gasteiger charge is -2.09. The van der Waals surface area contributed by atoms with Crippen molar-refractivity contribution >= 4 is 50.1 Å². The number of amidine groups is 1. The van der Waals surface area contributed by atoms with Gasteiger partial charge in [-0.1, -0.05) is 51.4 Å². The van der Waals surface area contributed by atoms with Crippen molar-refractivity contribution in [2.24, 2.45) is 4.99 Å². The number of thioether (sulfide) groups is 1. The van der Waals surface area contributed by atoms with Crippen LogP contribution in [0.3, 0.4) is 0 Å². The lowest BCUT2D eigenvalue weighted by Crippen LogP contribution is -2.10. The predicted molar refractivity (Wildman–Crippen MR) is 96.6 cm³/mol. The van der Waals surface area contributed by atoms with Crippen molar-refractivity contribution in [3.8, 4) is 0 Å². The highest BCUT2D eigenvalue weighted by atomic mass is 79.9. The molecule has 3 rings (SSSR count). The largest absolute Gasteiger partial charge is 0.335 e. The van der Waals surface area contributed by atoms with Crippen molar-refractivity contribution in [3.63, 3.8) is 0 Å². The zero-order valence-electron chi connectivity index (χ0n) is 11.2. The van der Waals surface area contributed by atoms with Crippen LogP contribution in [0, 0.1) is 0 Å². The fraction of sp³-hybridized carbons (Fsp3) is 0.188. The number of hydrogen-bond acceptors (Lipinski definition) is 3. The molecule has 0 fully saturated rings. The maximum absolute atomic E-state index is 5.89. The Kier molecular flexibility index (Phi) is 4.88. The van der Waals surface area contributed by atoms with Crippen LogP contribution < -0.4 is 5.32 Å². The first-order chi connectivity index (χ1) is 10.2. The van der Waals surface area contributed by atoms with Crippen molar-refractivity contribution in [1.82, 2.24) is 0 Å². The van der Waals surface area contributed by atoms with Crippen molar-refractivity contribution < 1.29 is 0 Å². The summed E-state index contributed by atoms with van der Waals surface area (Å²) in [5, 5.41) is 5.57. The van der Waals surface area contributed by atoms with Gasteiger partial charge >= 0.3 is 0 Å². The Morgan fingerprint density at radius 1 is 1.14 bits per heavy atom. The minimum absolute atomic E-state index is 0.501. The Morgan fingerprint density at radius 2 is 1.86 bits per heavy atom.